The molecule has 0 aliphatic carbocycles. The average Bonchev–Trinajstić information content (AvgIpc) is 3.16. The minimum Gasteiger partial charge on any atom is -0.361 e. The van der Waals surface area contributed by atoms with Crippen LogP contribution in [0.1, 0.15) is 29.9 Å². The minimum absolute atomic E-state index is 0.0775. The third-order valence-electron chi connectivity index (χ3n) is 5.18. The van der Waals surface area contributed by atoms with Gasteiger partial charge in [0.2, 0.25) is 5.91 Å². The number of aryl methyl sites for hydroxylation is 3. The fourth-order valence-electron chi connectivity index (χ4n) is 3.68. The van der Waals surface area contributed by atoms with E-state index in [1.54, 1.807) is 32.0 Å². The predicted octanol–water partition coefficient (Wildman–Crippen LogP) is 4.34. The molecule has 8 nitrogen and oxygen atoms in total. The highest BCUT2D eigenvalue weighted by atomic mass is 32.2. The van der Waals surface area contributed by atoms with Gasteiger partial charge in [-0.3, -0.25) is 9.52 Å². The standard InChI is InChI=1S/C24H25N5O3S/c1-16-14-23(27-17(2)26-16)29-33(31,32)20-12-10-19(11-13-20)28-24(30)9-5-6-18-15-25-22-8-4-3-7-21(18)22/h3-4,7-8,10-15,25H,5-6,9H2,1-2H3,(H,28,30)(H,26,27,29). The van der Waals surface area contributed by atoms with E-state index >= 15 is 0 Å². The zero-order valence-electron chi connectivity index (χ0n) is 18.4. The average molecular weight is 464 g/mol. The first-order valence-corrected chi connectivity index (χ1v) is 12.1. The minimum atomic E-state index is -3.81. The quantitative estimate of drug-likeness (QED) is 0.359. The van der Waals surface area contributed by atoms with E-state index in [9.17, 15) is 13.2 Å². The molecule has 4 rings (SSSR count). The lowest BCUT2D eigenvalue weighted by atomic mass is 10.1. The summed E-state index contributed by atoms with van der Waals surface area (Å²) in [6.45, 7) is 3.47. The number of H-pyrrole nitrogens is 1. The fourth-order valence-corrected chi connectivity index (χ4v) is 4.68. The first-order chi connectivity index (χ1) is 15.8. The molecule has 33 heavy (non-hydrogen) atoms. The van der Waals surface area contributed by atoms with E-state index in [1.165, 1.54) is 23.1 Å². The summed E-state index contributed by atoms with van der Waals surface area (Å²) in [5.74, 6) is 0.582. The van der Waals surface area contributed by atoms with Crippen LogP contribution < -0.4 is 10.0 Å². The highest BCUT2D eigenvalue weighted by Crippen LogP contribution is 2.20. The number of sulfonamides is 1. The molecule has 0 unspecified atom stereocenters. The molecule has 0 atom stereocenters. The molecule has 0 spiro atoms. The van der Waals surface area contributed by atoms with Crippen LogP contribution >= 0.6 is 0 Å². The summed E-state index contributed by atoms with van der Waals surface area (Å²) < 4.78 is 27.7. The second-order valence-corrected chi connectivity index (χ2v) is 9.52. The maximum Gasteiger partial charge on any atom is 0.263 e. The number of benzene rings is 2. The van der Waals surface area contributed by atoms with E-state index in [-0.39, 0.29) is 16.6 Å². The number of anilines is 2. The number of fused-ring (bicyclic) bond motifs is 1. The SMILES string of the molecule is Cc1cc(NS(=O)(=O)c2ccc(NC(=O)CCCc3c[nH]c4ccccc34)cc2)nc(C)n1. The summed E-state index contributed by atoms with van der Waals surface area (Å²) in [5.41, 5.74) is 3.49. The van der Waals surface area contributed by atoms with Crippen LogP contribution in [0.4, 0.5) is 11.5 Å². The maximum absolute atomic E-state index is 12.6. The Kier molecular flexibility index (Phi) is 6.41. The van der Waals surface area contributed by atoms with Gasteiger partial charge in [0.05, 0.1) is 4.90 Å². The van der Waals surface area contributed by atoms with Crippen LogP contribution in [0.5, 0.6) is 0 Å². The molecule has 9 heteroatoms. The van der Waals surface area contributed by atoms with Crippen molar-refractivity contribution in [3.63, 3.8) is 0 Å². The first-order valence-electron chi connectivity index (χ1n) is 10.6. The number of hydrogen-bond donors (Lipinski definition) is 3. The molecule has 0 saturated heterocycles. The second-order valence-electron chi connectivity index (χ2n) is 7.83. The van der Waals surface area contributed by atoms with Crippen LogP contribution in [0.25, 0.3) is 10.9 Å². The van der Waals surface area contributed by atoms with E-state index in [2.05, 4.69) is 31.1 Å². The predicted molar refractivity (Wildman–Crippen MR) is 129 cm³/mol. The fraction of sp³-hybridized carbons (Fsp3) is 0.208. The molecule has 0 aliphatic rings. The zero-order chi connectivity index (χ0) is 23.4. The summed E-state index contributed by atoms with van der Waals surface area (Å²) in [4.78, 5) is 23.9. The Morgan fingerprint density at radius 2 is 1.79 bits per heavy atom. The lowest BCUT2D eigenvalue weighted by Crippen LogP contribution is -2.15. The van der Waals surface area contributed by atoms with Gasteiger partial charge in [-0.1, -0.05) is 18.2 Å². The molecular formula is C24H25N5O3S. The van der Waals surface area contributed by atoms with Gasteiger partial charge in [-0.25, -0.2) is 18.4 Å². The number of rotatable bonds is 8. The Morgan fingerprint density at radius 3 is 2.55 bits per heavy atom. The van der Waals surface area contributed by atoms with Crippen molar-refractivity contribution in [2.75, 3.05) is 10.0 Å². The summed E-state index contributed by atoms with van der Waals surface area (Å²) in [7, 11) is -3.81. The largest absolute Gasteiger partial charge is 0.361 e. The van der Waals surface area contributed by atoms with Crippen molar-refractivity contribution >= 4 is 38.3 Å². The van der Waals surface area contributed by atoms with E-state index in [4.69, 9.17) is 0 Å². The smallest absolute Gasteiger partial charge is 0.263 e. The number of nitrogens with one attached hydrogen (secondary N) is 3. The molecule has 0 saturated carbocycles. The Labute approximate surface area is 192 Å². The molecule has 0 fully saturated rings. The summed E-state index contributed by atoms with van der Waals surface area (Å²) >= 11 is 0. The van der Waals surface area contributed by atoms with Crippen LogP contribution in [-0.2, 0) is 21.2 Å². The van der Waals surface area contributed by atoms with Crippen LogP contribution in [0, 0.1) is 13.8 Å². The van der Waals surface area contributed by atoms with Crippen LogP contribution in [-0.4, -0.2) is 29.3 Å². The van der Waals surface area contributed by atoms with Crippen LogP contribution in [0.15, 0.2) is 65.7 Å². The van der Waals surface area contributed by atoms with Crippen molar-refractivity contribution in [2.24, 2.45) is 0 Å². The maximum atomic E-state index is 12.6. The molecular weight excluding hydrogens is 438 g/mol. The lowest BCUT2D eigenvalue weighted by molar-refractivity contribution is -0.116. The number of aromatic nitrogens is 3. The van der Waals surface area contributed by atoms with Crippen molar-refractivity contribution in [1.82, 2.24) is 15.0 Å². The number of carbonyl (C=O) groups excluding carboxylic acids is 1. The Bertz CT molecular complexity index is 1380. The van der Waals surface area contributed by atoms with Crippen LogP contribution in [0.2, 0.25) is 0 Å². The monoisotopic (exact) mass is 463 g/mol. The van der Waals surface area contributed by atoms with Gasteiger partial charge in [0.1, 0.15) is 11.6 Å². The lowest BCUT2D eigenvalue weighted by Gasteiger charge is -2.10. The first kappa shape index (κ1) is 22.5. The van der Waals surface area contributed by atoms with Gasteiger partial charge in [-0.05, 0) is 62.6 Å². The summed E-state index contributed by atoms with van der Waals surface area (Å²) in [6, 6.07) is 15.7. The number of amides is 1. The molecule has 0 radical (unpaired) electrons. The third kappa shape index (κ3) is 5.56. The zero-order valence-corrected chi connectivity index (χ0v) is 19.2. The van der Waals surface area contributed by atoms with E-state index in [0.29, 0.717) is 30.0 Å². The number of nitrogens with zero attached hydrogens (tertiary/aromatic N) is 2. The molecule has 170 valence electrons. The van der Waals surface area contributed by atoms with Gasteiger partial charge in [-0.2, -0.15) is 0 Å². The van der Waals surface area contributed by atoms with Crippen molar-refractivity contribution in [3.8, 4) is 0 Å². The van der Waals surface area contributed by atoms with Gasteiger partial charge in [0.25, 0.3) is 10.0 Å². The van der Waals surface area contributed by atoms with Crippen molar-refractivity contribution in [3.05, 3.63) is 77.9 Å². The topological polar surface area (TPSA) is 117 Å². The van der Waals surface area contributed by atoms with Crippen LogP contribution in [0.3, 0.4) is 0 Å². The third-order valence-corrected chi connectivity index (χ3v) is 6.55. The molecule has 3 N–H and O–H groups in total. The molecule has 4 aromatic rings. The highest BCUT2D eigenvalue weighted by molar-refractivity contribution is 7.92. The van der Waals surface area contributed by atoms with Gasteiger partial charge in [0, 0.05) is 41.0 Å². The molecule has 0 bridgehead atoms. The Hall–Kier alpha value is -3.72. The second kappa shape index (κ2) is 9.41. The summed E-state index contributed by atoms with van der Waals surface area (Å²) in [6.07, 6.45) is 3.86. The van der Waals surface area contributed by atoms with E-state index in [1.807, 2.05) is 24.4 Å². The van der Waals surface area contributed by atoms with Crippen molar-refractivity contribution < 1.29 is 13.2 Å². The van der Waals surface area contributed by atoms with E-state index in [0.717, 1.165) is 11.9 Å². The van der Waals surface area contributed by atoms with Gasteiger partial charge in [-0.15, -0.1) is 0 Å². The Balaban J connectivity index is 1.32. The number of aromatic amines is 1. The molecule has 0 aliphatic heterocycles. The van der Waals surface area contributed by atoms with Gasteiger partial charge in [0.15, 0.2) is 0 Å². The number of carbonyl (C=O) groups is 1. The number of para-hydroxylation sites is 1. The number of hydrogen-bond acceptors (Lipinski definition) is 5. The molecule has 2 aromatic heterocycles. The molecule has 2 aromatic carbocycles. The van der Waals surface area contributed by atoms with Gasteiger partial charge >= 0.3 is 0 Å². The molecule has 2 heterocycles. The highest BCUT2D eigenvalue weighted by Gasteiger charge is 2.16. The molecule has 1 amide bonds. The van der Waals surface area contributed by atoms with E-state index < -0.39 is 10.0 Å². The van der Waals surface area contributed by atoms with Crippen molar-refractivity contribution in [2.45, 2.75) is 38.0 Å². The normalized spacial score (nSPS) is 11.5. The summed E-state index contributed by atoms with van der Waals surface area (Å²) in [5, 5.41) is 4.00. The van der Waals surface area contributed by atoms with Crippen molar-refractivity contribution in [1.29, 1.82) is 0 Å². The Morgan fingerprint density at radius 1 is 1.03 bits per heavy atom. The van der Waals surface area contributed by atoms with Gasteiger partial charge < -0.3 is 10.3 Å².